The normalized spacial score (nSPS) is 16.8. The van der Waals surface area contributed by atoms with Crippen LogP contribution >= 0.6 is 11.8 Å². The van der Waals surface area contributed by atoms with Crippen LogP contribution in [-0.4, -0.2) is 59.4 Å². The number of nitrogens with zero attached hydrogens (tertiary/aromatic N) is 5. The quantitative estimate of drug-likeness (QED) is 0.395. The van der Waals surface area contributed by atoms with E-state index in [1.54, 1.807) is 0 Å². The number of rotatable bonds is 3. The van der Waals surface area contributed by atoms with E-state index in [1.165, 1.54) is 11.8 Å². The van der Waals surface area contributed by atoms with E-state index in [-0.39, 0.29) is 0 Å². The van der Waals surface area contributed by atoms with Crippen LogP contribution in [0.15, 0.2) is 35.3 Å². The van der Waals surface area contributed by atoms with E-state index >= 15 is 0 Å². The summed E-state index contributed by atoms with van der Waals surface area (Å²) < 4.78 is 0. The SMILES string of the molecule is CSC(=Nc1ccc2nc(CN3CCN(C)CC3)ccc2c1)NC#N. The fraction of sp³-hybridized carbons (Fsp3) is 0.389. The van der Waals surface area contributed by atoms with Gasteiger partial charge in [-0.3, -0.25) is 15.2 Å². The number of likely N-dealkylation sites (N-methyl/N-ethyl adjacent to an activating group) is 1. The summed E-state index contributed by atoms with van der Waals surface area (Å²) in [6, 6.07) is 10.1. The number of hydrogen-bond donors (Lipinski definition) is 1. The maximum Gasteiger partial charge on any atom is 0.183 e. The number of pyridine rings is 1. The van der Waals surface area contributed by atoms with Crippen molar-refractivity contribution in [3.8, 4) is 6.19 Å². The largest absolute Gasteiger partial charge is 0.304 e. The number of aliphatic imine (C=N–C) groups is 1. The molecule has 6 nitrogen and oxygen atoms in total. The van der Waals surface area contributed by atoms with Crippen molar-refractivity contribution in [2.75, 3.05) is 39.5 Å². The third-order valence-corrected chi connectivity index (χ3v) is 4.88. The van der Waals surface area contributed by atoms with E-state index in [0.717, 1.165) is 55.0 Å². The molecular formula is C18H22N6S. The summed E-state index contributed by atoms with van der Waals surface area (Å²) in [4.78, 5) is 14.0. The number of amidine groups is 1. The van der Waals surface area contributed by atoms with Crippen molar-refractivity contribution >= 4 is 33.5 Å². The molecule has 3 rings (SSSR count). The van der Waals surface area contributed by atoms with Crippen LogP contribution in [0.25, 0.3) is 10.9 Å². The first-order chi connectivity index (χ1) is 12.2. The Balaban J connectivity index is 1.76. The monoisotopic (exact) mass is 354 g/mol. The van der Waals surface area contributed by atoms with Gasteiger partial charge in [0.1, 0.15) is 0 Å². The lowest BCUT2D eigenvalue weighted by Crippen LogP contribution is -2.43. The van der Waals surface area contributed by atoms with Crippen LogP contribution < -0.4 is 5.32 Å². The second-order valence-corrected chi connectivity index (χ2v) is 6.91. The lowest BCUT2D eigenvalue weighted by Gasteiger charge is -2.32. The van der Waals surface area contributed by atoms with Gasteiger partial charge in [0.15, 0.2) is 11.4 Å². The molecule has 1 saturated heterocycles. The number of piperazine rings is 1. The molecule has 1 N–H and O–H groups in total. The van der Waals surface area contributed by atoms with E-state index in [2.05, 4.69) is 39.3 Å². The molecule has 0 aliphatic carbocycles. The summed E-state index contributed by atoms with van der Waals surface area (Å²) in [6.45, 7) is 5.31. The lowest BCUT2D eigenvalue weighted by atomic mass is 10.1. The summed E-state index contributed by atoms with van der Waals surface area (Å²) >= 11 is 1.41. The number of thioether (sulfide) groups is 1. The molecule has 0 atom stereocenters. The highest BCUT2D eigenvalue weighted by Crippen LogP contribution is 2.22. The minimum absolute atomic E-state index is 0.585. The number of nitriles is 1. The molecule has 1 aromatic carbocycles. The summed E-state index contributed by atoms with van der Waals surface area (Å²) in [5, 5.41) is 12.9. The first kappa shape index (κ1) is 17.7. The molecular weight excluding hydrogens is 332 g/mol. The van der Waals surface area contributed by atoms with Crippen molar-refractivity contribution in [1.82, 2.24) is 20.1 Å². The van der Waals surface area contributed by atoms with Crippen molar-refractivity contribution in [1.29, 1.82) is 5.26 Å². The molecule has 0 bridgehead atoms. The van der Waals surface area contributed by atoms with Gasteiger partial charge in [0.25, 0.3) is 0 Å². The van der Waals surface area contributed by atoms with E-state index in [4.69, 9.17) is 10.2 Å². The first-order valence-corrected chi connectivity index (χ1v) is 9.49. The third kappa shape index (κ3) is 4.69. The number of fused-ring (bicyclic) bond motifs is 1. The van der Waals surface area contributed by atoms with Crippen molar-refractivity contribution in [3.05, 3.63) is 36.0 Å². The van der Waals surface area contributed by atoms with Crippen LogP contribution in [0.5, 0.6) is 0 Å². The van der Waals surface area contributed by atoms with Crippen molar-refractivity contribution in [2.45, 2.75) is 6.54 Å². The molecule has 0 unspecified atom stereocenters. The van der Waals surface area contributed by atoms with Gasteiger partial charge in [0.05, 0.1) is 16.9 Å². The Hall–Kier alpha value is -2.14. The number of benzene rings is 1. The smallest absolute Gasteiger partial charge is 0.183 e. The standard InChI is InChI=1S/C18H22N6S/c1-23-7-9-24(10-8-23)12-16-4-3-14-11-15(5-6-17(14)21-16)22-18(25-2)20-13-19/h3-6,11H,7-10,12H2,1-2H3,(H,20,22). The van der Waals surface area contributed by atoms with Gasteiger partial charge in [-0.2, -0.15) is 5.26 Å². The lowest BCUT2D eigenvalue weighted by molar-refractivity contribution is 0.147. The number of aromatic nitrogens is 1. The van der Waals surface area contributed by atoms with Crippen molar-refractivity contribution in [3.63, 3.8) is 0 Å². The highest BCUT2D eigenvalue weighted by atomic mass is 32.2. The van der Waals surface area contributed by atoms with Crippen LogP contribution in [0.3, 0.4) is 0 Å². The Morgan fingerprint density at radius 1 is 1.28 bits per heavy atom. The van der Waals surface area contributed by atoms with Crippen LogP contribution in [0.4, 0.5) is 5.69 Å². The van der Waals surface area contributed by atoms with Gasteiger partial charge >= 0.3 is 0 Å². The minimum Gasteiger partial charge on any atom is -0.304 e. The number of hydrogen-bond acceptors (Lipinski definition) is 6. The Labute approximate surface area is 152 Å². The molecule has 1 aliphatic rings. The van der Waals surface area contributed by atoms with E-state index in [9.17, 15) is 0 Å². The maximum absolute atomic E-state index is 8.73. The maximum atomic E-state index is 8.73. The second-order valence-electron chi connectivity index (χ2n) is 6.12. The van der Waals surface area contributed by atoms with Gasteiger partial charge in [-0.15, -0.1) is 0 Å². The van der Waals surface area contributed by atoms with Crippen LogP contribution in [0, 0.1) is 11.5 Å². The molecule has 130 valence electrons. The molecule has 2 aromatic rings. The van der Waals surface area contributed by atoms with E-state index < -0.39 is 0 Å². The first-order valence-electron chi connectivity index (χ1n) is 8.26. The molecule has 25 heavy (non-hydrogen) atoms. The highest BCUT2D eigenvalue weighted by molar-refractivity contribution is 8.13. The third-order valence-electron chi connectivity index (χ3n) is 4.30. The predicted octanol–water partition coefficient (Wildman–Crippen LogP) is 2.40. The molecule has 0 radical (unpaired) electrons. The summed E-state index contributed by atoms with van der Waals surface area (Å²) in [5.41, 5.74) is 2.89. The van der Waals surface area contributed by atoms with Gasteiger partial charge in [-0.05, 0) is 37.6 Å². The molecule has 0 amide bonds. The van der Waals surface area contributed by atoms with Gasteiger partial charge in [0.2, 0.25) is 0 Å². The van der Waals surface area contributed by atoms with Gasteiger partial charge in [-0.1, -0.05) is 17.8 Å². The highest BCUT2D eigenvalue weighted by Gasteiger charge is 2.14. The molecule has 0 saturated carbocycles. The van der Waals surface area contributed by atoms with Crippen LogP contribution in [-0.2, 0) is 6.54 Å². The van der Waals surface area contributed by atoms with E-state index in [0.29, 0.717) is 5.17 Å². The van der Waals surface area contributed by atoms with Gasteiger partial charge < -0.3 is 4.90 Å². The Bertz CT molecular complexity index is 805. The Morgan fingerprint density at radius 2 is 2.08 bits per heavy atom. The molecule has 2 heterocycles. The second kappa shape index (κ2) is 8.30. The topological polar surface area (TPSA) is 67.6 Å². The fourth-order valence-electron chi connectivity index (χ4n) is 2.84. The van der Waals surface area contributed by atoms with E-state index in [1.807, 2.05) is 30.6 Å². The molecule has 1 aliphatic heterocycles. The molecule has 7 heteroatoms. The van der Waals surface area contributed by atoms with Crippen molar-refractivity contribution < 1.29 is 0 Å². The summed E-state index contributed by atoms with van der Waals surface area (Å²) in [7, 11) is 2.17. The minimum atomic E-state index is 0.585. The predicted molar refractivity (Wildman–Crippen MR) is 104 cm³/mol. The Morgan fingerprint density at radius 3 is 2.80 bits per heavy atom. The molecule has 1 fully saturated rings. The number of nitrogens with one attached hydrogen (secondary N) is 1. The average Bonchev–Trinajstić information content (AvgIpc) is 2.63. The Kier molecular flexibility index (Phi) is 5.87. The van der Waals surface area contributed by atoms with Crippen molar-refractivity contribution in [2.24, 2.45) is 4.99 Å². The molecule has 1 aromatic heterocycles. The zero-order valence-electron chi connectivity index (χ0n) is 14.6. The van der Waals surface area contributed by atoms with Crippen LogP contribution in [0.2, 0.25) is 0 Å². The summed E-state index contributed by atoms with van der Waals surface area (Å²) in [6.07, 6.45) is 3.79. The van der Waals surface area contributed by atoms with Gasteiger partial charge in [-0.25, -0.2) is 4.99 Å². The fourth-order valence-corrected chi connectivity index (χ4v) is 3.18. The van der Waals surface area contributed by atoms with Crippen LogP contribution in [0.1, 0.15) is 5.69 Å². The average molecular weight is 354 g/mol. The summed E-state index contributed by atoms with van der Waals surface area (Å²) in [5.74, 6) is 0. The zero-order chi connectivity index (χ0) is 17.6. The molecule has 0 spiro atoms. The zero-order valence-corrected chi connectivity index (χ0v) is 15.4. The van der Waals surface area contributed by atoms with Gasteiger partial charge in [0, 0.05) is 38.1 Å².